The van der Waals surface area contributed by atoms with Crippen LogP contribution in [0.1, 0.15) is 38.3 Å². The molecule has 0 aliphatic heterocycles. The van der Waals surface area contributed by atoms with Gasteiger partial charge in [-0.3, -0.25) is 0 Å². The largest absolute Gasteiger partial charge is 0.494 e. The Morgan fingerprint density at radius 3 is 2.67 bits per heavy atom. The topological polar surface area (TPSA) is 61.3 Å². The zero-order chi connectivity index (χ0) is 11.3. The van der Waals surface area contributed by atoms with E-state index in [0.717, 1.165) is 36.4 Å². The Labute approximate surface area is 91.4 Å². The van der Waals surface area contributed by atoms with E-state index in [2.05, 4.69) is 6.92 Å². The maximum Gasteiger partial charge on any atom is 0.119 e. The number of ether oxygens (including phenoxy) is 1. The summed E-state index contributed by atoms with van der Waals surface area (Å²) in [6.45, 7) is 4.85. The minimum Gasteiger partial charge on any atom is -0.494 e. The number of rotatable bonds is 5. The van der Waals surface area contributed by atoms with E-state index in [1.54, 1.807) is 0 Å². The second kappa shape index (κ2) is 5.61. The first kappa shape index (κ1) is 11.9. The standard InChI is InChI=1S/C12H20N2O/c1-3-7-15-9-5-6-12(14)10(8-9)11(13)4-2/h5-6,8,11H,3-4,7,13-14H2,1-2H3. The van der Waals surface area contributed by atoms with Crippen LogP contribution in [-0.4, -0.2) is 6.61 Å². The molecule has 0 radical (unpaired) electrons. The Kier molecular flexibility index (Phi) is 4.43. The van der Waals surface area contributed by atoms with Crippen molar-refractivity contribution in [3.8, 4) is 5.75 Å². The smallest absolute Gasteiger partial charge is 0.119 e. The molecule has 0 heterocycles. The van der Waals surface area contributed by atoms with Crippen molar-refractivity contribution >= 4 is 5.69 Å². The molecule has 0 fully saturated rings. The van der Waals surface area contributed by atoms with E-state index < -0.39 is 0 Å². The number of nitrogen functional groups attached to an aromatic ring is 1. The van der Waals surface area contributed by atoms with Gasteiger partial charge in [-0.2, -0.15) is 0 Å². The molecule has 0 aliphatic carbocycles. The number of hydrogen-bond acceptors (Lipinski definition) is 3. The maximum atomic E-state index is 5.96. The molecule has 4 N–H and O–H groups in total. The Morgan fingerprint density at radius 1 is 1.33 bits per heavy atom. The van der Waals surface area contributed by atoms with E-state index in [-0.39, 0.29) is 6.04 Å². The van der Waals surface area contributed by atoms with E-state index in [0.29, 0.717) is 0 Å². The predicted octanol–water partition coefficient (Wildman–Crippen LogP) is 2.47. The van der Waals surface area contributed by atoms with E-state index in [1.165, 1.54) is 0 Å². The molecule has 0 aliphatic rings. The third-order valence-corrected chi connectivity index (χ3v) is 2.37. The SMILES string of the molecule is CCCOc1ccc(N)c(C(N)CC)c1. The molecule has 1 unspecified atom stereocenters. The van der Waals surface area contributed by atoms with Crippen LogP contribution in [0, 0.1) is 0 Å². The lowest BCUT2D eigenvalue weighted by atomic mass is 10.0. The number of nitrogens with two attached hydrogens (primary N) is 2. The summed E-state index contributed by atoms with van der Waals surface area (Å²) in [5.41, 5.74) is 13.5. The molecule has 0 saturated heterocycles. The Morgan fingerprint density at radius 2 is 2.07 bits per heavy atom. The van der Waals surface area contributed by atoms with Gasteiger partial charge in [0, 0.05) is 11.7 Å². The molecule has 0 bridgehead atoms. The molecule has 3 nitrogen and oxygen atoms in total. The van der Waals surface area contributed by atoms with Crippen molar-refractivity contribution in [3.63, 3.8) is 0 Å². The molecule has 0 saturated carbocycles. The first-order valence-electron chi connectivity index (χ1n) is 5.46. The fourth-order valence-electron chi connectivity index (χ4n) is 1.40. The number of hydrogen-bond donors (Lipinski definition) is 2. The molecule has 84 valence electrons. The predicted molar refractivity (Wildman–Crippen MR) is 63.9 cm³/mol. The monoisotopic (exact) mass is 208 g/mol. The lowest BCUT2D eigenvalue weighted by molar-refractivity contribution is 0.317. The van der Waals surface area contributed by atoms with Crippen LogP contribution in [-0.2, 0) is 0 Å². The third-order valence-electron chi connectivity index (χ3n) is 2.37. The lowest BCUT2D eigenvalue weighted by Gasteiger charge is -2.14. The van der Waals surface area contributed by atoms with Gasteiger partial charge in [0.25, 0.3) is 0 Å². The number of benzene rings is 1. The zero-order valence-electron chi connectivity index (χ0n) is 9.49. The van der Waals surface area contributed by atoms with Crippen LogP contribution in [0.25, 0.3) is 0 Å². The van der Waals surface area contributed by atoms with Gasteiger partial charge >= 0.3 is 0 Å². The van der Waals surface area contributed by atoms with Gasteiger partial charge in [0.15, 0.2) is 0 Å². The average molecular weight is 208 g/mol. The molecular formula is C12H20N2O. The fourth-order valence-corrected chi connectivity index (χ4v) is 1.40. The van der Waals surface area contributed by atoms with Crippen molar-refractivity contribution in [2.24, 2.45) is 5.73 Å². The van der Waals surface area contributed by atoms with Crippen LogP contribution in [0.5, 0.6) is 5.75 Å². The Bertz CT molecular complexity index is 312. The summed E-state index contributed by atoms with van der Waals surface area (Å²) in [4.78, 5) is 0. The van der Waals surface area contributed by atoms with Gasteiger partial charge in [-0.1, -0.05) is 13.8 Å². The van der Waals surface area contributed by atoms with Gasteiger partial charge in [0.1, 0.15) is 5.75 Å². The van der Waals surface area contributed by atoms with Crippen LogP contribution in [0.2, 0.25) is 0 Å². The molecule has 0 aromatic heterocycles. The second-order valence-electron chi connectivity index (χ2n) is 3.65. The van der Waals surface area contributed by atoms with Gasteiger partial charge in [-0.15, -0.1) is 0 Å². The highest BCUT2D eigenvalue weighted by molar-refractivity contribution is 5.51. The first-order valence-corrected chi connectivity index (χ1v) is 5.46. The molecule has 15 heavy (non-hydrogen) atoms. The minimum absolute atomic E-state index is 0.00447. The van der Waals surface area contributed by atoms with Crippen LogP contribution < -0.4 is 16.2 Å². The Hall–Kier alpha value is -1.22. The van der Waals surface area contributed by atoms with Crippen LogP contribution >= 0.6 is 0 Å². The first-order chi connectivity index (χ1) is 7.19. The van der Waals surface area contributed by atoms with Crippen LogP contribution in [0.3, 0.4) is 0 Å². The summed E-state index contributed by atoms with van der Waals surface area (Å²) in [6.07, 6.45) is 1.88. The minimum atomic E-state index is -0.00447. The summed E-state index contributed by atoms with van der Waals surface area (Å²) in [5.74, 6) is 0.852. The van der Waals surface area contributed by atoms with Crippen molar-refractivity contribution in [2.45, 2.75) is 32.7 Å². The quantitative estimate of drug-likeness (QED) is 0.731. The molecular weight excluding hydrogens is 188 g/mol. The highest BCUT2D eigenvalue weighted by Crippen LogP contribution is 2.25. The van der Waals surface area contributed by atoms with Gasteiger partial charge in [0.2, 0.25) is 0 Å². The highest BCUT2D eigenvalue weighted by Gasteiger charge is 2.08. The summed E-state index contributed by atoms with van der Waals surface area (Å²) in [5, 5.41) is 0. The third kappa shape index (κ3) is 3.13. The zero-order valence-corrected chi connectivity index (χ0v) is 9.49. The van der Waals surface area contributed by atoms with Crippen molar-refractivity contribution in [3.05, 3.63) is 23.8 Å². The number of anilines is 1. The second-order valence-corrected chi connectivity index (χ2v) is 3.65. The molecule has 0 spiro atoms. The normalized spacial score (nSPS) is 12.5. The molecule has 3 heteroatoms. The summed E-state index contributed by atoms with van der Waals surface area (Å²) in [6, 6.07) is 5.68. The molecule has 1 rings (SSSR count). The van der Waals surface area contributed by atoms with Crippen molar-refractivity contribution in [1.29, 1.82) is 0 Å². The summed E-state index contributed by atoms with van der Waals surface area (Å²) < 4.78 is 5.53. The molecule has 1 atom stereocenters. The highest BCUT2D eigenvalue weighted by atomic mass is 16.5. The van der Waals surface area contributed by atoms with E-state index in [9.17, 15) is 0 Å². The van der Waals surface area contributed by atoms with Gasteiger partial charge in [-0.25, -0.2) is 0 Å². The van der Waals surface area contributed by atoms with Gasteiger partial charge in [-0.05, 0) is 36.6 Å². The Balaban J connectivity index is 2.84. The summed E-state index contributed by atoms with van der Waals surface area (Å²) in [7, 11) is 0. The van der Waals surface area contributed by atoms with Crippen LogP contribution in [0.15, 0.2) is 18.2 Å². The fraction of sp³-hybridized carbons (Fsp3) is 0.500. The maximum absolute atomic E-state index is 5.96. The molecule has 1 aromatic carbocycles. The molecule has 0 amide bonds. The van der Waals surface area contributed by atoms with E-state index in [4.69, 9.17) is 16.2 Å². The summed E-state index contributed by atoms with van der Waals surface area (Å²) >= 11 is 0. The molecule has 1 aromatic rings. The van der Waals surface area contributed by atoms with Gasteiger partial charge < -0.3 is 16.2 Å². The van der Waals surface area contributed by atoms with Crippen molar-refractivity contribution < 1.29 is 4.74 Å². The van der Waals surface area contributed by atoms with E-state index in [1.807, 2.05) is 25.1 Å². The van der Waals surface area contributed by atoms with Crippen molar-refractivity contribution in [1.82, 2.24) is 0 Å². The van der Waals surface area contributed by atoms with Crippen molar-refractivity contribution in [2.75, 3.05) is 12.3 Å². The van der Waals surface area contributed by atoms with E-state index >= 15 is 0 Å². The van der Waals surface area contributed by atoms with Gasteiger partial charge in [0.05, 0.1) is 6.61 Å². The lowest BCUT2D eigenvalue weighted by Crippen LogP contribution is -2.11. The van der Waals surface area contributed by atoms with Crippen LogP contribution in [0.4, 0.5) is 5.69 Å². The average Bonchev–Trinajstić information content (AvgIpc) is 2.27.